The second kappa shape index (κ2) is 85.0. The van der Waals surface area contributed by atoms with Crippen LogP contribution in [0.2, 0.25) is 5.02 Å². The van der Waals surface area contributed by atoms with Crippen LogP contribution in [-0.2, 0) is 109 Å². The Balaban J connectivity index is -0.000000742. The van der Waals surface area contributed by atoms with E-state index in [1.54, 1.807) is 126 Å². The summed E-state index contributed by atoms with van der Waals surface area (Å²) in [5.74, 6) is -6.85. The van der Waals surface area contributed by atoms with Crippen molar-refractivity contribution in [1.29, 1.82) is 0 Å². The quantitative estimate of drug-likeness (QED) is 0.00571. The molecule has 1 aromatic rings. The Morgan fingerprint density at radius 2 is 0.571 bits per heavy atom. The molecule has 6 saturated heterocycles. The lowest BCUT2D eigenvalue weighted by Gasteiger charge is -2.29. The number of carbonyl (C=O) groups excluding carboxylic acids is 2. The first kappa shape index (κ1) is 141. The molecule has 6 fully saturated rings. The monoisotopic (exact) mass is 2130 g/mol. The lowest BCUT2D eigenvalue weighted by atomic mass is 9.93. The minimum absolute atomic E-state index is 0. The van der Waals surface area contributed by atoms with Gasteiger partial charge in [-0.1, -0.05) is 171 Å². The number of unbranched alkanes of at least 4 members (excludes halogenated alkanes) is 8. The van der Waals surface area contributed by atoms with Crippen molar-refractivity contribution < 1.29 is 166 Å². The minimum Gasteiger partial charge on any atom is -0.870 e. The predicted octanol–water partition coefficient (Wildman–Crippen LogP) is 16.2. The third-order valence-corrected chi connectivity index (χ3v) is 33.1. The summed E-state index contributed by atoms with van der Waals surface area (Å²) in [4.78, 5) is 79.7. The summed E-state index contributed by atoms with van der Waals surface area (Å²) in [6.45, 7) is 53.7. The van der Waals surface area contributed by atoms with Gasteiger partial charge in [-0.05, 0) is 111 Å². The van der Waals surface area contributed by atoms with Crippen molar-refractivity contribution in [3.8, 4) is 0 Å². The van der Waals surface area contributed by atoms with Crippen LogP contribution in [0.1, 0.15) is 210 Å². The summed E-state index contributed by atoms with van der Waals surface area (Å²) >= 11 is 8.69. The first-order valence-corrected chi connectivity index (χ1v) is 55.7. The van der Waals surface area contributed by atoms with Gasteiger partial charge < -0.3 is 127 Å². The van der Waals surface area contributed by atoms with Crippen molar-refractivity contribution >= 4 is 83.8 Å². The van der Waals surface area contributed by atoms with E-state index in [0.717, 1.165) is 5.33 Å². The van der Waals surface area contributed by atoms with E-state index < -0.39 is 102 Å². The molecule has 140 heavy (non-hydrogen) atoms. The molecule has 0 aromatic heterocycles. The molecular weight excluding hydrogens is 1950 g/mol. The number of alkyl halides is 1. The summed E-state index contributed by atoms with van der Waals surface area (Å²) in [7, 11) is -1.12. The molecule has 6 atom stereocenters. The SMILES string of the molecule is C=CCBr.C=CCOCC(C)(COCC=C)C(=O)O.C=CCOCC(C)(COCC=C)C(=O)O.CC(CO)(CO)C(=O)O.CC(COCC1CO1)(COCC1CO1)C(=O)O.CC(COCC1CO1)(COCC1CO1)C(=O)O.CC(COCC1CO1)(COCC1CO1)C(=O)[O-].CCCC[P+](CCCC)(CCCC)CCCC.CCCC[P+](CCCC)(CCCC)CCCC.O=C(OO)c1cccc(Cl)c1.[OH-]. The molecule has 9 N–H and O–H groups in total. The zero-order valence-corrected chi connectivity index (χ0v) is 91.2. The molecule has 34 nitrogen and oxygen atoms in total. The second-order valence-corrected chi connectivity index (χ2v) is 47.2. The van der Waals surface area contributed by atoms with Crippen LogP contribution in [0.4, 0.5) is 0 Å². The van der Waals surface area contributed by atoms with Gasteiger partial charge in [0, 0.05) is 24.9 Å². The molecule has 0 radical (unpaired) electrons. The van der Waals surface area contributed by atoms with E-state index in [1.165, 1.54) is 122 Å². The Bertz CT molecular complexity index is 3000. The van der Waals surface area contributed by atoms with Crippen LogP contribution in [-0.4, -0.2) is 365 Å². The number of halogens is 2. The molecule has 6 unspecified atom stereocenters. The zero-order chi connectivity index (χ0) is 106. The fraction of sp³-hybridized carbons (Fsp3) is 0.775. The second-order valence-electron chi connectivity index (χ2n) is 37.2. The molecule has 0 spiro atoms. The smallest absolute Gasteiger partial charge is 0.372 e. The Labute approximate surface area is 851 Å². The predicted molar refractivity (Wildman–Crippen MR) is 551 cm³/mol. The van der Waals surface area contributed by atoms with Crippen LogP contribution in [0.3, 0.4) is 0 Å². The molecule has 6 aliphatic rings. The van der Waals surface area contributed by atoms with Crippen molar-refractivity contribution in [2.24, 2.45) is 32.5 Å². The lowest BCUT2D eigenvalue weighted by Crippen LogP contribution is -2.47. The van der Waals surface area contributed by atoms with Gasteiger partial charge in [0.2, 0.25) is 0 Å². The molecule has 6 heterocycles. The highest BCUT2D eigenvalue weighted by Crippen LogP contribution is 2.62. The van der Waals surface area contributed by atoms with Crippen LogP contribution in [0.15, 0.2) is 87.5 Å². The Morgan fingerprint density at radius 1 is 0.379 bits per heavy atom. The number of epoxide rings is 6. The largest absolute Gasteiger partial charge is 0.870 e. The summed E-state index contributed by atoms with van der Waals surface area (Å²) in [5, 5.41) is 81.9. The fourth-order valence-electron chi connectivity index (χ4n) is 11.9. The lowest BCUT2D eigenvalue weighted by molar-refractivity contribution is -0.322. The molecule has 818 valence electrons. The first-order valence-electron chi connectivity index (χ1n) is 49.1. The summed E-state index contributed by atoms with van der Waals surface area (Å²) in [5.41, 5.74) is -6.35. The third-order valence-electron chi connectivity index (χ3n) is 22.3. The normalized spacial score (nSPS) is 17.7. The van der Waals surface area contributed by atoms with E-state index in [2.05, 4.69) is 109 Å². The zero-order valence-electron chi connectivity index (χ0n) is 87.1. The van der Waals surface area contributed by atoms with Gasteiger partial charge in [-0.25, -0.2) is 4.79 Å². The van der Waals surface area contributed by atoms with Crippen LogP contribution in [0.5, 0.6) is 0 Å². The van der Waals surface area contributed by atoms with Gasteiger partial charge in [-0.15, -0.1) is 32.9 Å². The van der Waals surface area contributed by atoms with Crippen molar-refractivity contribution in [3.05, 3.63) is 98.1 Å². The van der Waals surface area contributed by atoms with Gasteiger partial charge in [0.05, 0.1) is 251 Å². The third kappa shape index (κ3) is 73.2. The van der Waals surface area contributed by atoms with Crippen LogP contribution < -0.4 is 5.11 Å². The number of carbonyl (C=O) groups is 7. The van der Waals surface area contributed by atoms with Crippen LogP contribution >= 0.6 is 42.1 Å². The van der Waals surface area contributed by atoms with Gasteiger partial charge in [-0.3, -0.25) is 28.9 Å². The highest BCUT2D eigenvalue weighted by Gasteiger charge is 2.42. The van der Waals surface area contributed by atoms with Crippen LogP contribution in [0.25, 0.3) is 0 Å². The standard InChI is InChI=1S/2C16H36P.3C11H18O6.2C11H18O4.C7H5ClO3.C5H10O4.C3H5Br.H2O/c2*1-5-9-13-17(14-10-6-2,15-11-7-3)16-12-8-4;3*1-11(10(12)13,6-14-2-8-4-16-8)7-15-3-9-5-17-9;2*1-4-6-14-8-11(3,10(12)13)9-15-7-5-2;8-6-3-1-2-5(4-6)7(9)11-10;1-5(2-6,3-7)4(8)9;1-2-3-4;/h2*5-16H2,1-4H3;3*8-9H,2-7H2,1H3,(H,12,13);2*4-5H,1-2,6-9H2,3H3,(H,12,13);1-4,10H;6-7H,2-3H2,1H3,(H,8,9);2H,1,3H2;1H2/q2*+1;;;;;;;;;/p-2. The van der Waals surface area contributed by atoms with Crippen molar-refractivity contribution in [2.75, 3.05) is 240 Å². The topological polar surface area (TPSA) is 511 Å². The molecule has 7 rings (SSSR count). The van der Waals surface area contributed by atoms with E-state index in [0.29, 0.717) is 111 Å². The maximum absolute atomic E-state index is 11.2. The molecule has 0 aliphatic carbocycles. The maximum Gasteiger partial charge on any atom is 0.372 e. The molecule has 0 amide bonds. The number of carboxylic acids is 6. The number of ether oxygens (including phenoxy) is 16. The molecule has 6 aliphatic heterocycles. The van der Waals surface area contributed by atoms with Crippen molar-refractivity contribution in [3.63, 3.8) is 0 Å². The average molecular weight is 2130 g/mol. The number of aliphatic carboxylic acids is 6. The Hall–Kier alpha value is -4.96. The number of aliphatic hydroxyl groups is 2. The van der Waals surface area contributed by atoms with Gasteiger partial charge >= 0.3 is 35.8 Å². The summed E-state index contributed by atoms with van der Waals surface area (Å²) in [6, 6.07) is 6.11. The molecule has 38 heteroatoms. The van der Waals surface area contributed by atoms with Gasteiger partial charge in [0.25, 0.3) is 0 Å². The van der Waals surface area contributed by atoms with E-state index in [-0.39, 0.29) is 114 Å². The highest BCUT2D eigenvalue weighted by molar-refractivity contribution is 9.09. The van der Waals surface area contributed by atoms with E-state index in [1.807, 2.05) is 0 Å². The van der Waals surface area contributed by atoms with Gasteiger partial charge in [0.15, 0.2) is 0 Å². The Morgan fingerprint density at radius 3 is 0.707 bits per heavy atom. The molecule has 0 saturated carbocycles. The number of aliphatic hydroxyl groups excluding tert-OH is 2. The first-order chi connectivity index (χ1) is 66.1. The minimum atomic E-state index is -1.39. The van der Waals surface area contributed by atoms with Crippen molar-refractivity contribution in [2.45, 2.75) is 236 Å². The number of carboxylic acid groups (broad SMARTS) is 6. The van der Waals surface area contributed by atoms with E-state index in [4.69, 9.17) is 118 Å². The number of rotatable bonds is 74. The molecule has 0 bridgehead atoms. The number of allylic oxidation sites excluding steroid dienone is 1. The highest BCUT2D eigenvalue weighted by atomic mass is 79.9. The fourth-order valence-corrected chi connectivity index (χ4v) is 22.7. The molecular formula is C102H182BrClO34P2. The average Bonchev–Trinajstić information content (AvgIpc) is 1.72. The number of benzene rings is 1. The Kier molecular flexibility index (Phi) is 85.8. The van der Waals surface area contributed by atoms with E-state index >= 15 is 0 Å². The number of hydrogen-bond donors (Lipinski definition) is 8. The van der Waals surface area contributed by atoms with Gasteiger partial charge in [-0.2, -0.15) is 5.26 Å². The molecule has 1 aromatic carbocycles. The summed E-state index contributed by atoms with van der Waals surface area (Å²) < 4.78 is 82.4. The van der Waals surface area contributed by atoms with Gasteiger partial charge in [0.1, 0.15) is 63.7 Å². The summed E-state index contributed by atoms with van der Waals surface area (Å²) in [6.07, 6.45) is 44.8. The number of hydrogen-bond acceptors (Lipinski definition) is 29. The van der Waals surface area contributed by atoms with Crippen molar-refractivity contribution in [1.82, 2.24) is 0 Å². The van der Waals surface area contributed by atoms with Crippen LogP contribution in [0, 0.1) is 32.5 Å². The maximum atomic E-state index is 11.2. The van der Waals surface area contributed by atoms with E-state index in [9.17, 15) is 48.9 Å².